The van der Waals surface area contributed by atoms with Gasteiger partial charge in [-0.25, -0.2) is 8.91 Å². The number of fused-ring (bicyclic) bond motifs is 2. The van der Waals surface area contributed by atoms with Crippen LogP contribution in [-0.4, -0.2) is 32.6 Å². The molecule has 3 heterocycles. The molecule has 0 spiro atoms. The maximum Gasteiger partial charge on any atom is 0.247 e. The van der Waals surface area contributed by atoms with Crippen LogP contribution >= 0.6 is 15.9 Å². The summed E-state index contributed by atoms with van der Waals surface area (Å²) in [5.74, 6) is 0.656. The van der Waals surface area contributed by atoms with Crippen LogP contribution in [0.4, 0.5) is 4.39 Å². The summed E-state index contributed by atoms with van der Waals surface area (Å²) in [6.45, 7) is 4.40. The third-order valence-electron chi connectivity index (χ3n) is 4.36. The van der Waals surface area contributed by atoms with Crippen LogP contribution in [0, 0.1) is 12.7 Å². The molecular formula is C19H18BrFN4O2. The number of benzene rings is 1. The Bertz CT molecular complexity index is 1130. The zero-order valence-electron chi connectivity index (χ0n) is 14.9. The van der Waals surface area contributed by atoms with E-state index in [2.05, 4.69) is 31.0 Å². The Labute approximate surface area is 163 Å². The van der Waals surface area contributed by atoms with Gasteiger partial charge in [-0.05, 0) is 38.5 Å². The van der Waals surface area contributed by atoms with Crippen LogP contribution in [0.25, 0.3) is 11.6 Å². The quantitative estimate of drug-likeness (QED) is 0.443. The summed E-state index contributed by atoms with van der Waals surface area (Å²) >= 11 is 3.38. The second kappa shape index (κ2) is 7.26. The highest BCUT2D eigenvalue weighted by atomic mass is 79.9. The Morgan fingerprint density at radius 3 is 2.96 bits per heavy atom. The Hall–Kier alpha value is -2.48. The smallest absolute Gasteiger partial charge is 0.247 e. The summed E-state index contributed by atoms with van der Waals surface area (Å²) < 4.78 is 28.1. The fourth-order valence-corrected chi connectivity index (χ4v) is 3.31. The van der Waals surface area contributed by atoms with Crippen LogP contribution in [0.3, 0.4) is 0 Å². The molecule has 0 bridgehead atoms. The van der Waals surface area contributed by atoms with Gasteiger partial charge in [-0.3, -0.25) is 4.99 Å². The van der Waals surface area contributed by atoms with Crippen LogP contribution in [0.15, 0.2) is 29.6 Å². The number of rotatable bonds is 6. The van der Waals surface area contributed by atoms with Crippen molar-refractivity contribution in [2.45, 2.75) is 26.3 Å². The molecule has 2 aromatic heterocycles. The third-order valence-corrected chi connectivity index (χ3v) is 4.92. The Morgan fingerprint density at radius 1 is 1.30 bits per heavy atom. The topological polar surface area (TPSA) is 61.0 Å². The number of aromatic nitrogens is 3. The lowest BCUT2D eigenvalue weighted by atomic mass is 10.2. The molecule has 1 unspecified atom stereocenters. The molecule has 140 valence electrons. The first-order chi connectivity index (χ1) is 13.1. The monoisotopic (exact) mass is 432 g/mol. The van der Waals surface area contributed by atoms with Crippen molar-refractivity contribution in [3.63, 3.8) is 0 Å². The number of hydrogen-bond donors (Lipinski definition) is 0. The van der Waals surface area contributed by atoms with Crippen molar-refractivity contribution < 1.29 is 13.9 Å². The van der Waals surface area contributed by atoms with Crippen molar-refractivity contribution in [2.24, 2.45) is 4.99 Å². The van der Waals surface area contributed by atoms with Gasteiger partial charge in [-0.2, -0.15) is 10.1 Å². The maximum atomic E-state index is 14.8. The van der Waals surface area contributed by atoms with Crippen molar-refractivity contribution in [2.75, 3.05) is 11.9 Å². The van der Waals surface area contributed by atoms with E-state index in [4.69, 9.17) is 9.47 Å². The highest BCUT2D eigenvalue weighted by Crippen LogP contribution is 2.32. The van der Waals surface area contributed by atoms with Gasteiger partial charge in [0.1, 0.15) is 17.6 Å². The van der Waals surface area contributed by atoms with Gasteiger partial charge < -0.3 is 9.47 Å². The molecule has 0 N–H and O–H groups in total. The zero-order valence-corrected chi connectivity index (χ0v) is 16.5. The number of ether oxygens (including phenoxy) is 2. The molecule has 1 aliphatic rings. The second-order valence-electron chi connectivity index (χ2n) is 6.32. The first-order valence-electron chi connectivity index (χ1n) is 8.66. The molecule has 6 nitrogen and oxygen atoms in total. The number of halogens is 2. The molecule has 1 aromatic carbocycles. The molecule has 4 rings (SSSR count). The summed E-state index contributed by atoms with van der Waals surface area (Å²) in [5.41, 5.74) is 1.49. The van der Waals surface area contributed by atoms with E-state index in [1.54, 1.807) is 28.9 Å². The summed E-state index contributed by atoms with van der Waals surface area (Å²) in [5, 5.41) is 6.18. The van der Waals surface area contributed by atoms with E-state index in [9.17, 15) is 4.39 Å². The van der Waals surface area contributed by atoms with E-state index in [-0.39, 0.29) is 17.7 Å². The van der Waals surface area contributed by atoms with E-state index in [1.807, 2.05) is 13.8 Å². The number of aryl methyl sites for hydroxylation is 1. The molecule has 1 aliphatic heterocycles. The Balaban J connectivity index is 1.72. The van der Waals surface area contributed by atoms with Gasteiger partial charge >= 0.3 is 0 Å². The van der Waals surface area contributed by atoms with E-state index in [1.165, 1.54) is 6.33 Å². The van der Waals surface area contributed by atoms with Crippen molar-refractivity contribution >= 4 is 27.5 Å². The van der Waals surface area contributed by atoms with E-state index < -0.39 is 5.82 Å². The highest BCUT2D eigenvalue weighted by Gasteiger charge is 2.18. The summed E-state index contributed by atoms with van der Waals surface area (Å²) in [6, 6.07) is 3.29. The summed E-state index contributed by atoms with van der Waals surface area (Å²) in [7, 11) is 0. The van der Waals surface area contributed by atoms with Crippen LogP contribution in [-0.2, 0) is 0 Å². The molecular weight excluding hydrogens is 415 g/mol. The third kappa shape index (κ3) is 3.29. The van der Waals surface area contributed by atoms with Gasteiger partial charge in [-0.1, -0.05) is 15.9 Å². The minimum Gasteiger partial charge on any atom is -0.492 e. The van der Waals surface area contributed by atoms with Crippen LogP contribution in [0.2, 0.25) is 0 Å². The van der Waals surface area contributed by atoms with Gasteiger partial charge in [0.15, 0.2) is 11.6 Å². The van der Waals surface area contributed by atoms with Crippen molar-refractivity contribution in [3.8, 4) is 17.4 Å². The number of nitrogens with zero attached hydrogens (tertiary/aromatic N) is 4. The van der Waals surface area contributed by atoms with Crippen LogP contribution < -0.4 is 20.0 Å². The number of alkyl halides is 1. The van der Waals surface area contributed by atoms with E-state index in [0.717, 1.165) is 17.3 Å². The fourth-order valence-electron chi connectivity index (χ4n) is 3.08. The normalized spacial score (nSPS) is 15.3. The molecule has 0 saturated carbocycles. The van der Waals surface area contributed by atoms with Crippen molar-refractivity contribution in [3.05, 3.63) is 46.6 Å². The fraction of sp³-hybridized carbons (Fsp3) is 0.316. The van der Waals surface area contributed by atoms with Crippen LogP contribution in [0.1, 0.15) is 18.9 Å². The molecule has 0 amide bonds. The molecule has 3 aromatic rings. The van der Waals surface area contributed by atoms with E-state index in [0.29, 0.717) is 28.4 Å². The Morgan fingerprint density at radius 2 is 2.15 bits per heavy atom. The van der Waals surface area contributed by atoms with Gasteiger partial charge in [0.25, 0.3) is 0 Å². The molecule has 0 radical (unpaired) electrons. The average molecular weight is 433 g/mol. The van der Waals surface area contributed by atoms with E-state index >= 15 is 0 Å². The molecule has 1 atom stereocenters. The van der Waals surface area contributed by atoms with Gasteiger partial charge in [0.05, 0.1) is 24.2 Å². The zero-order chi connectivity index (χ0) is 19.0. The SMILES string of the molecule is Cc1c(OCCCBr)cn2ncnc(Oc3ccc4c(c3F)=CC(C)N=4)c12. The van der Waals surface area contributed by atoms with Gasteiger partial charge in [0, 0.05) is 16.1 Å². The standard InChI is InChI=1S/C19H18BrFN4O2/c1-11-8-13-14(24-11)4-5-15(17(13)21)27-19-18-12(2)16(26-7-3-6-20)9-25(18)23-10-22-19/h4-5,8-11H,3,6-7H2,1-2H3. The molecule has 0 aliphatic carbocycles. The van der Waals surface area contributed by atoms with Gasteiger partial charge in [0.2, 0.25) is 5.88 Å². The highest BCUT2D eigenvalue weighted by molar-refractivity contribution is 9.09. The molecule has 0 saturated heterocycles. The first-order valence-corrected chi connectivity index (χ1v) is 9.78. The number of hydrogen-bond acceptors (Lipinski definition) is 5. The molecule has 27 heavy (non-hydrogen) atoms. The average Bonchev–Trinajstić information content (AvgIpc) is 3.19. The predicted octanol–water partition coefficient (Wildman–Crippen LogP) is 2.94. The van der Waals surface area contributed by atoms with Crippen molar-refractivity contribution in [1.82, 2.24) is 14.6 Å². The lowest BCUT2D eigenvalue weighted by Gasteiger charge is -2.08. The summed E-state index contributed by atoms with van der Waals surface area (Å²) in [4.78, 5) is 8.57. The second-order valence-corrected chi connectivity index (χ2v) is 7.11. The first kappa shape index (κ1) is 17.9. The van der Waals surface area contributed by atoms with Gasteiger partial charge in [-0.15, -0.1) is 0 Å². The van der Waals surface area contributed by atoms with Crippen LogP contribution in [0.5, 0.6) is 17.4 Å². The lowest BCUT2D eigenvalue weighted by Crippen LogP contribution is -2.25. The Kier molecular flexibility index (Phi) is 4.82. The van der Waals surface area contributed by atoms with Crippen molar-refractivity contribution in [1.29, 1.82) is 0 Å². The molecule has 8 heteroatoms. The predicted molar refractivity (Wildman–Crippen MR) is 103 cm³/mol. The lowest BCUT2D eigenvalue weighted by molar-refractivity contribution is 0.317. The summed E-state index contributed by atoms with van der Waals surface area (Å²) in [6.07, 6.45) is 5.83. The maximum absolute atomic E-state index is 14.8. The minimum absolute atomic E-state index is 0.0393. The largest absolute Gasteiger partial charge is 0.492 e. The molecule has 0 fully saturated rings. The minimum atomic E-state index is -0.435.